The molecule has 12 nitrogen and oxygen atoms in total. The van der Waals surface area contributed by atoms with Crippen LogP contribution in [0.5, 0.6) is 11.6 Å². The van der Waals surface area contributed by atoms with Gasteiger partial charge in [-0.05, 0) is 127 Å². The van der Waals surface area contributed by atoms with Crippen LogP contribution in [-0.2, 0) is 0 Å². The van der Waals surface area contributed by atoms with Crippen molar-refractivity contribution in [3.8, 4) is 34.4 Å². The molecular weight excluding hydrogens is 961 g/mol. The Morgan fingerprint density at radius 2 is 0.986 bits per heavy atom. The van der Waals surface area contributed by atoms with Crippen molar-refractivity contribution in [2.45, 2.75) is 0 Å². The number of amides is 3. The van der Waals surface area contributed by atoms with Gasteiger partial charge < -0.3 is 30.7 Å². The molecule has 3 aromatic heterocycles. The standard InChI is InChI=1S/C27H18Cl2N4O2.C25H15Cl2FN4O2/c28-20-10-5-11-21(29)24(20)25-32-22-13-12-17(15-23(22)33-25)27(35)31-19-9-4-6-16(14-19)26(34)30-18-7-2-1-3-8-18;26-17-3-1-4-18(27)22(17)23-30-19-11-6-14(13-21(19)31-23)24(33)32-20-5-2-12-29-25(20)34-16-9-7-15(28)8-10-16/h1-15H,(H,30,34)(H,31,35)(H,32,33);1-13H,(H,30,31)(H,32,33). The van der Waals surface area contributed by atoms with Gasteiger partial charge in [-0.25, -0.2) is 19.3 Å². The van der Waals surface area contributed by atoms with E-state index >= 15 is 0 Å². The average Bonchev–Trinajstić information content (AvgIpc) is 3.97. The van der Waals surface area contributed by atoms with Gasteiger partial charge in [0.2, 0.25) is 5.88 Å². The number of H-pyrrole nitrogens is 2. The van der Waals surface area contributed by atoms with Crippen LogP contribution < -0.4 is 20.7 Å². The van der Waals surface area contributed by atoms with E-state index in [0.717, 1.165) is 0 Å². The summed E-state index contributed by atoms with van der Waals surface area (Å²) in [7, 11) is 0. The smallest absolute Gasteiger partial charge is 0.255 e. The second kappa shape index (κ2) is 20.4. The van der Waals surface area contributed by atoms with E-state index in [1.54, 1.807) is 121 Å². The van der Waals surface area contributed by atoms with Crippen LogP contribution in [0, 0.1) is 5.82 Å². The number of pyridine rings is 1. The highest BCUT2D eigenvalue weighted by Crippen LogP contribution is 2.36. The van der Waals surface area contributed by atoms with Gasteiger partial charge >= 0.3 is 0 Å². The van der Waals surface area contributed by atoms with Gasteiger partial charge in [-0.3, -0.25) is 14.4 Å². The molecule has 17 heteroatoms. The molecule has 3 heterocycles. The van der Waals surface area contributed by atoms with Crippen LogP contribution in [0.25, 0.3) is 44.8 Å². The number of hydrogen-bond donors (Lipinski definition) is 5. The van der Waals surface area contributed by atoms with E-state index in [2.05, 4.69) is 40.9 Å². The quantitative estimate of drug-likeness (QED) is 0.0909. The minimum Gasteiger partial charge on any atom is -0.437 e. The molecule has 3 amide bonds. The number of ether oxygens (including phenoxy) is 1. The molecule has 0 radical (unpaired) electrons. The van der Waals surface area contributed by atoms with Gasteiger partial charge in [-0.15, -0.1) is 0 Å². The van der Waals surface area contributed by atoms with Crippen molar-refractivity contribution >= 4 is 103 Å². The molecule has 7 aromatic carbocycles. The maximum atomic E-state index is 13.2. The first-order valence-electron chi connectivity index (χ1n) is 20.8. The molecule has 0 aliphatic heterocycles. The molecule has 0 unspecified atom stereocenters. The predicted molar refractivity (Wildman–Crippen MR) is 271 cm³/mol. The van der Waals surface area contributed by atoms with E-state index in [9.17, 15) is 18.8 Å². The highest BCUT2D eigenvalue weighted by Gasteiger charge is 2.18. The fourth-order valence-corrected chi connectivity index (χ4v) is 8.18. The van der Waals surface area contributed by atoms with E-state index in [1.165, 1.54) is 30.5 Å². The minimum absolute atomic E-state index is 0.181. The molecular formula is C52H33Cl4FN8O4. The number of aromatic nitrogens is 5. The van der Waals surface area contributed by atoms with Crippen molar-refractivity contribution in [1.82, 2.24) is 24.9 Å². The third kappa shape index (κ3) is 10.7. The molecule has 69 heavy (non-hydrogen) atoms. The molecule has 0 aliphatic rings. The van der Waals surface area contributed by atoms with Crippen molar-refractivity contribution in [2.24, 2.45) is 0 Å². The largest absolute Gasteiger partial charge is 0.437 e. The number of hydrogen-bond acceptors (Lipinski definition) is 7. The summed E-state index contributed by atoms with van der Waals surface area (Å²) in [6.07, 6.45) is 1.53. The fraction of sp³-hybridized carbons (Fsp3) is 0. The summed E-state index contributed by atoms with van der Waals surface area (Å²) < 4.78 is 18.9. The molecule has 5 N–H and O–H groups in total. The number of carbonyl (C=O) groups excluding carboxylic acids is 3. The highest BCUT2D eigenvalue weighted by atomic mass is 35.5. The molecule has 0 saturated carbocycles. The second-order valence-electron chi connectivity index (χ2n) is 15.0. The Hall–Kier alpha value is -8.07. The van der Waals surface area contributed by atoms with Crippen LogP contribution in [0.15, 0.2) is 170 Å². The third-order valence-corrected chi connectivity index (χ3v) is 11.6. The Bertz CT molecular complexity index is 3510. The lowest BCUT2D eigenvalue weighted by Gasteiger charge is -2.11. The molecule has 10 aromatic rings. The van der Waals surface area contributed by atoms with Gasteiger partial charge in [-0.1, -0.05) is 82.8 Å². The van der Waals surface area contributed by atoms with Gasteiger partial charge in [0.1, 0.15) is 28.9 Å². The Kier molecular flexibility index (Phi) is 13.6. The number of nitrogens with one attached hydrogen (secondary N) is 5. The number of fused-ring (bicyclic) bond motifs is 2. The van der Waals surface area contributed by atoms with Crippen LogP contribution in [0.4, 0.5) is 21.5 Å². The summed E-state index contributed by atoms with van der Waals surface area (Å²) in [5.41, 5.74) is 6.64. The third-order valence-electron chi connectivity index (χ3n) is 10.3. The number of aromatic amines is 2. The van der Waals surface area contributed by atoms with Crippen molar-refractivity contribution in [2.75, 3.05) is 16.0 Å². The number of benzene rings is 7. The molecule has 340 valence electrons. The number of para-hydroxylation sites is 1. The van der Waals surface area contributed by atoms with E-state index in [4.69, 9.17) is 51.1 Å². The molecule has 0 bridgehead atoms. The van der Waals surface area contributed by atoms with Gasteiger partial charge in [0.15, 0.2) is 0 Å². The Labute approximate surface area is 412 Å². The van der Waals surface area contributed by atoms with Crippen molar-refractivity contribution in [1.29, 1.82) is 0 Å². The van der Waals surface area contributed by atoms with Crippen LogP contribution >= 0.6 is 46.4 Å². The number of rotatable bonds is 10. The lowest BCUT2D eigenvalue weighted by Crippen LogP contribution is -2.14. The van der Waals surface area contributed by atoms with Crippen LogP contribution in [0.1, 0.15) is 31.1 Å². The molecule has 0 atom stereocenters. The zero-order chi connectivity index (χ0) is 48.0. The Morgan fingerprint density at radius 3 is 1.55 bits per heavy atom. The zero-order valence-corrected chi connectivity index (χ0v) is 38.6. The van der Waals surface area contributed by atoms with Crippen molar-refractivity contribution < 1.29 is 23.5 Å². The predicted octanol–water partition coefficient (Wildman–Crippen LogP) is 14.2. The topological polar surface area (TPSA) is 167 Å². The Morgan fingerprint density at radius 1 is 0.493 bits per heavy atom. The van der Waals surface area contributed by atoms with Crippen LogP contribution in [0.3, 0.4) is 0 Å². The van der Waals surface area contributed by atoms with Gasteiger partial charge in [0.25, 0.3) is 17.7 Å². The lowest BCUT2D eigenvalue weighted by molar-refractivity contribution is 0.101. The van der Waals surface area contributed by atoms with E-state index in [-0.39, 0.29) is 29.4 Å². The molecule has 0 fully saturated rings. The lowest BCUT2D eigenvalue weighted by atomic mass is 10.1. The van der Waals surface area contributed by atoms with Gasteiger partial charge in [0, 0.05) is 34.3 Å². The zero-order valence-electron chi connectivity index (χ0n) is 35.5. The molecule has 10 rings (SSSR count). The summed E-state index contributed by atoms with van der Waals surface area (Å²) >= 11 is 25.2. The summed E-state index contributed by atoms with van der Waals surface area (Å²) in [6.45, 7) is 0. The van der Waals surface area contributed by atoms with E-state index in [0.29, 0.717) is 104 Å². The monoisotopic (exact) mass is 992 g/mol. The minimum atomic E-state index is -0.379. The Balaban J connectivity index is 0.000000172. The van der Waals surface area contributed by atoms with Crippen molar-refractivity contribution in [3.63, 3.8) is 0 Å². The van der Waals surface area contributed by atoms with Crippen LogP contribution in [-0.4, -0.2) is 42.6 Å². The SMILES string of the molecule is O=C(Nc1ccccc1)c1cccc(NC(=O)c2ccc3nc(-c4c(Cl)cccc4Cl)[nH]c3c2)c1.O=C(Nc1cccnc1Oc1ccc(F)cc1)c1ccc2nc(-c3c(Cl)cccc3Cl)[nH]c2c1. The highest BCUT2D eigenvalue weighted by molar-refractivity contribution is 6.39. The summed E-state index contributed by atoms with van der Waals surface area (Å²) in [5, 5.41) is 10.4. The molecule has 0 saturated heterocycles. The average molecular weight is 995 g/mol. The van der Waals surface area contributed by atoms with E-state index < -0.39 is 0 Å². The number of imidazole rings is 2. The van der Waals surface area contributed by atoms with Crippen LogP contribution in [0.2, 0.25) is 20.1 Å². The first-order chi connectivity index (χ1) is 33.4. The van der Waals surface area contributed by atoms with Crippen molar-refractivity contribution in [3.05, 3.63) is 213 Å². The number of anilines is 3. The normalized spacial score (nSPS) is 10.9. The summed E-state index contributed by atoms with van der Waals surface area (Å²) in [6, 6.07) is 45.4. The van der Waals surface area contributed by atoms with E-state index in [1.807, 2.05) is 18.2 Å². The first kappa shape index (κ1) is 46.1. The number of nitrogens with zero attached hydrogens (tertiary/aromatic N) is 3. The summed E-state index contributed by atoms with van der Waals surface area (Å²) in [4.78, 5) is 58.1. The molecule has 0 aliphatic carbocycles. The molecule has 0 spiro atoms. The first-order valence-corrected chi connectivity index (χ1v) is 22.3. The number of carbonyl (C=O) groups is 3. The second-order valence-corrected chi connectivity index (χ2v) is 16.7. The maximum absolute atomic E-state index is 13.2. The number of halogens is 5. The summed E-state index contributed by atoms with van der Waals surface area (Å²) in [5.74, 6) is 0.259. The fourth-order valence-electron chi connectivity index (χ4n) is 7.03. The van der Waals surface area contributed by atoms with Gasteiger partial charge in [0.05, 0.1) is 53.3 Å². The van der Waals surface area contributed by atoms with Gasteiger partial charge in [-0.2, -0.15) is 0 Å². The maximum Gasteiger partial charge on any atom is 0.255 e.